The first-order valence-electron chi connectivity index (χ1n) is 3.84. The van der Waals surface area contributed by atoms with E-state index in [0.717, 1.165) is 0 Å². The molecule has 0 aromatic carbocycles. The summed E-state index contributed by atoms with van der Waals surface area (Å²) in [6, 6.07) is 2.23. The Morgan fingerprint density at radius 1 is 1.69 bits per heavy atom. The van der Waals surface area contributed by atoms with Crippen molar-refractivity contribution in [1.29, 1.82) is 0 Å². The third kappa shape index (κ3) is 2.22. The van der Waals surface area contributed by atoms with E-state index in [4.69, 9.17) is 0 Å². The fraction of sp³-hybridized carbons (Fsp3) is 0.375. The summed E-state index contributed by atoms with van der Waals surface area (Å²) in [5.74, 6) is 0. The quantitative estimate of drug-likeness (QED) is 0.553. The minimum absolute atomic E-state index is 0.465. The first kappa shape index (κ1) is 9.60. The molecule has 1 aromatic rings. The van der Waals surface area contributed by atoms with Gasteiger partial charge >= 0.3 is 0 Å². The van der Waals surface area contributed by atoms with Gasteiger partial charge in [-0.25, -0.2) is 0 Å². The van der Waals surface area contributed by atoms with Gasteiger partial charge in [0.15, 0.2) is 0 Å². The zero-order chi connectivity index (χ0) is 9.84. The van der Waals surface area contributed by atoms with E-state index in [0.29, 0.717) is 5.56 Å². The molecule has 0 radical (unpaired) electrons. The summed E-state index contributed by atoms with van der Waals surface area (Å²) in [5, 5.41) is 19.8. The highest BCUT2D eigenvalue weighted by atomic mass is 16.6. The summed E-state index contributed by atoms with van der Waals surface area (Å²) in [4.78, 5) is 13.6. The third-order valence-electron chi connectivity index (χ3n) is 1.82. The lowest BCUT2D eigenvalue weighted by atomic mass is 10.1. The van der Waals surface area contributed by atoms with Crippen LogP contribution in [0.2, 0.25) is 0 Å². The molecule has 1 N–H and O–H groups in total. The zero-order valence-electron chi connectivity index (χ0n) is 7.12. The number of rotatable bonds is 3. The Morgan fingerprint density at radius 3 is 2.85 bits per heavy atom. The number of aromatic nitrogens is 1. The Hall–Kier alpha value is -1.49. The molecule has 0 unspecified atom stereocenters. The van der Waals surface area contributed by atoms with Crippen LogP contribution in [0.25, 0.3) is 0 Å². The maximum Gasteiger partial charge on any atom is 0.240 e. The van der Waals surface area contributed by atoms with Crippen LogP contribution >= 0.6 is 0 Å². The molecule has 70 valence electrons. The van der Waals surface area contributed by atoms with Gasteiger partial charge in [0.05, 0.1) is 0 Å². The molecule has 5 nitrogen and oxygen atoms in total. The second-order valence-electron chi connectivity index (χ2n) is 2.76. The van der Waals surface area contributed by atoms with Crippen LogP contribution in [0, 0.1) is 10.1 Å². The highest BCUT2D eigenvalue weighted by Crippen LogP contribution is 2.16. The van der Waals surface area contributed by atoms with Crippen molar-refractivity contribution in [3.8, 4) is 0 Å². The Labute approximate surface area is 75.2 Å². The fourth-order valence-electron chi connectivity index (χ4n) is 0.945. The van der Waals surface area contributed by atoms with E-state index >= 15 is 0 Å². The van der Waals surface area contributed by atoms with Crippen molar-refractivity contribution >= 4 is 0 Å². The van der Waals surface area contributed by atoms with Gasteiger partial charge in [-0.05, 0) is 6.07 Å². The third-order valence-corrected chi connectivity index (χ3v) is 1.82. The number of aliphatic hydroxyl groups excluding tert-OH is 1. The SMILES string of the molecule is C[C@H]([C@H](O)c1cccnc1)[N+](=O)[O-]. The van der Waals surface area contributed by atoms with E-state index in [1.807, 2.05) is 0 Å². The average molecular weight is 182 g/mol. The van der Waals surface area contributed by atoms with Crippen LogP contribution in [0.1, 0.15) is 18.6 Å². The van der Waals surface area contributed by atoms with Gasteiger partial charge in [-0.2, -0.15) is 0 Å². The molecular weight excluding hydrogens is 172 g/mol. The Morgan fingerprint density at radius 2 is 2.38 bits per heavy atom. The molecule has 0 saturated heterocycles. The maximum absolute atomic E-state index is 10.3. The number of pyridine rings is 1. The molecule has 0 aliphatic carbocycles. The fourth-order valence-corrected chi connectivity index (χ4v) is 0.945. The van der Waals surface area contributed by atoms with Crippen molar-refractivity contribution < 1.29 is 10.0 Å². The number of aliphatic hydroxyl groups is 1. The lowest BCUT2D eigenvalue weighted by molar-refractivity contribution is -0.531. The van der Waals surface area contributed by atoms with Gasteiger partial charge in [-0.15, -0.1) is 0 Å². The molecule has 13 heavy (non-hydrogen) atoms. The van der Waals surface area contributed by atoms with Crippen LogP contribution in [-0.2, 0) is 0 Å². The molecule has 1 rings (SSSR count). The average Bonchev–Trinajstić information content (AvgIpc) is 2.17. The van der Waals surface area contributed by atoms with Gasteiger partial charge < -0.3 is 5.11 Å². The normalized spacial score (nSPS) is 14.9. The Kier molecular flexibility index (Phi) is 2.92. The lowest BCUT2D eigenvalue weighted by Crippen LogP contribution is -2.23. The summed E-state index contributed by atoms with van der Waals surface area (Å²) in [6.45, 7) is 1.36. The van der Waals surface area contributed by atoms with Gasteiger partial charge in [0, 0.05) is 29.8 Å². The molecule has 0 amide bonds. The van der Waals surface area contributed by atoms with Gasteiger partial charge in [0.2, 0.25) is 6.04 Å². The largest absolute Gasteiger partial charge is 0.381 e. The molecule has 2 atom stereocenters. The van der Waals surface area contributed by atoms with E-state index in [9.17, 15) is 15.2 Å². The number of hydrogen-bond donors (Lipinski definition) is 1. The van der Waals surface area contributed by atoms with Gasteiger partial charge in [0.25, 0.3) is 0 Å². The molecule has 0 saturated carbocycles. The molecule has 0 spiro atoms. The minimum Gasteiger partial charge on any atom is -0.381 e. The molecule has 1 aromatic heterocycles. The van der Waals surface area contributed by atoms with Crippen molar-refractivity contribution in [3.05, 3.63) is 40.2 Å². The number of nitro groups is 1. The van der Waals surface area contributed by atoms with Gasteiger partial charge in [0.1, 0.15) is 6.10 Å². The minimum atomic E-state index is -1.09. The smallest absolute Gasteiger partial charge is 0.240 e. The topological polar surface area (TPSA) is 76.3 Å². The molecular formula is C8H10N2O3. The van der Waals surface area contributed by atoms with Crippen LogP contribution in [0.3, 0.4) is 0 Å². The first-order chi connectivity index (χ1) is 6.13. The Balaban J connectivity index is 2.79. The predicted molar refractivity (Wildman–Crippen MR) is 45.7 cm³/mol. The first-order valence-corrected chi connectivity index (χ1v) is 3.84. The summed E-state index contributed by atoms with van der Waals surface area (Å²) < 4.78 is 0. The molecule has 0 aliphatic heterocycles. The molecule has 0 fully saturated rings. The van der Waals surface area contributed by atoms with E-state index in [1.165, 1.54) is 13.1 Å². The van der Waals surface area contributed by atoms with Gasteiger partial charge in [-0.3, -0.25) is 15.1 Å². The van der Waals surface area contributed by atoms with Crippen molar-refractivity contribution in [2.45, 2.75) is 19.1 Å². The van der Waals surface area contributed by atoms with Crippen LogP contribution in [0.15, 0.2) is 24.5 Å². The second-order valence-corrected chi connectivity index (χ2v) is 2.76. The van der Waals surface area contributed by atoms with Crippen molar-refractivity contribution in [2.75, 3.05) is 0 Å². The van der Waals surface area contributed by atoms with Crippen LogP contribution in [-0.4, -0.2) is 21.1 Å². The van der Waals surface area contributed by atoms with E-state index in [2.05, 4.69) is 4.98 Å². The summed E-state index contributed by atoms with van der Waals surface area (Å²) in [6.07, 6.45) is 1.88. The van der Waals surface area contributed by atoms with E-state index in [1.54, 1.807) is 18.3 Å². The van der Waals surface area contributed by atoms with Crippen LogP contribution in [0.4, 0.5) is 0 Å². The van der Waals surface area contributed by atoms with E-state index < -0.39 is 17.1 Å². The predicted octanol–water partition coefficient (Wildman–Crippen LogP) is 0.780. The van der Waals surface area contributed by atoms with Crippen molar-refractivity contribution in [3.63, 3.8) is 0 Å². The van der Waals surface area contributed by atoms with E-state index in [-0.39, 0.29) is 0 Å². The number of nitrogens with zero attached hydrogens (tertiary/aromatic N) is 2. The Bertz CT molecular complexity index is 289. The summed E-state index contributed by atoms with van der Waals surface area (Å²) in [7, 11) is 0. The molecule has 0 bridgehead atoms. The summed E-state index contributed by atoms with van der Waals surface area (Å²) >= 11 is 0. The maximum atomic E-state index is 10.3. The van der Waals surface area contributed by atoms with Crippen LogP contribution in [0.5, 0.6) is 0 Å². The number of hydrogen-bond acceptors (Lipinski definition) is 4. The molecule has 5 heteroatoms. The van der Waals surface area contributed by atoms with Crippen molar-refractivity contribution in [2.24, 2.45) is 0 Å². The molecule has 0 aliphatic rings. The monoisotopic (exact) mass is 182 g/mol. The van der Waals surface area contributed by atoms with Crippen molar-refractivity contribution in [1.82, 2.24) is 4.98 Å². The highest BCUT2D eigenvalue weighted by molar-refractivity contribution is 5.12. The highest BCUT2D eigenvalue weighted by Gasteiger charge is 2.25. The standard InChI is InChI=1S/C8H10N2O3/c1-6(10(12)13)8(11)7-3-2-4-9-5-7/h2-6,8,11H,1H3/t6-,8+/m1/s1. The zero-order valence-corrected chi connectivity index (χ0v) is 7.12. The lowest BCUT2D eigenvalue weighted by Gasteiger charge is -2.11. The van der Waals surface area contributed by atoms with Gasteiger partial charge in [-0.1, -0.05) is 6.07 Å². The van der Waals surface area contributed by atoms with Crippen LogP contribution < -0.4 is 0 Å². The summed E-state index contributed by atoms with van der Waals surface area (Å²) in [5.41, 5.74) is 0.465. The second kappa shape index (κ2) is 3.95. The molecule has 1 heterocycles.